The fourth-order valence-electron chi connectivity index (χ4n) is 11.6. The maximum Gasteiger partial charge on any atom is 0.223 e. The summed E-state index contributed by atoms with van der Waals surface area (Å²) >= 11 is 3.50. The van der Waals surface area contributed by atoms with Crippen molar-refractivity contribution in [1.29, 1.82) is 0 Å². The Morgan fingerprint density at radius 3 is 1.54 bits per heavy atom. The number of nitrogens with zero attached hydrogens (tertiary/aromatic N) is 11. The molecular weight excluding hydrogens is 1060 g/mol. The van der Waals surface area contributed by atoms with Crippen molar-refractivity contribution in [3.8, 4) is 34.0 Å². The number of aromatic hydroxyl groups is 1. The smallest absolute Gasteiger partial charge is 0.223 e. The molecule has 0 saturated carbocycles. The van der Waals surface area contributed by atoms with Crippen molar-refractivity contribution in [2.75, 3.05) is 33.3 Å². The third kappa shape index (κ3) is 12.4. The normalized spacial score (nSPS) is 19.7. The Kier molecular flexibility index (Phi) is 17.2. The zero-order valence-corrected chi connectivity index (χ0v) is 47.0. The van der Waals surface area contributed by atoms with E-state index in [2.05, 4.69) is 75.0 Å². The number of carbonyl (C=O) groups excluding carboxylic acids is 3. The first-order chi connectivity index (χ1) is 38.5. The van der Waals surface area contributed by atoms with E-state index in [1.165, 1.54) is 6.20 Å². The number of methoxy groups -OCH3 is 1. The van der Waals surface area contributed by atoms with Crippen LogP contribution in [0.2, 0.25) is 0 Å². The zero-order valence-electron chi connectivity index (χ0n) is 45.4. The van der Waals surface area contributed by atoms with Crippen LogP contribution in [0.4, 0.5) is 0 Å². The molecule has 0 aliphatic carbocycles. The van der Waals surface area contributed by atoms with Crippen LogP contribution in [0, 0.1) is 17.8 Å². The molecule has 0 radical (unpaired) electrons. The lowest BCUT2D eigenvalue weighted by Gasteiger charge is -2.20. The highest BCUT2D eigenvalue weighted by Crippen LogP contribution is 2.35. The molecule has 0 spiro atoms. The van der Waals surface area contributed by atoms with Gasteiger partial charge >= 0.3 is 0 Å². The molecule has 79 heavy (non-hydrogen) atoms. The Balaban J connectivity index is 0.000000134. The molecule has 3 fully saturated rings. The summed E-state index contributed by atoms with van der Waals surface area (Å²) < 4.78 is 9.57. The molecule has 4 unspecified atom stereocenters. The second-order valence-corrected chi connectivity index (χ2v) is 22.0. The van der Waals surface area contributed by atoms with Gasteiger partial charge in [-0.25, -0.2) is 19.0 Å². The predicted molar refractivity (Wildman–Crippen MR) is 311 cm³/mol. The number of hydrogen-bond acceptors (Lipinski definition) is 11. The molecule has 4 aromatic heterocycles. The van der Waals surface area contributed by atoms with E-state index in [0.717, 1.165) is 124 Å². The molecule has 5 aliphatic rings. The number of benzene rings is 3. The fraction of sp³-hybridized carbons (Fsp3) is 0.371. The van der Waals surface area contributed by atoms with Crippen molar-refractivity contribution < 1.29 is 24.2 Å². The zero-order chi connectivity index (χ0) is 55.0. The van der Waals surface area contributed by atoms with Gasteiger partial charge in [0.1, 0.15) is 17.4 Å². The molecule has 5 aliphatic heterocycles. The van der Waals surface area contributed by atoms with Gasteiger partial charge in [0.2, 0.25) is 17.7 Å². The lowest BCUT2D eigenvalue weighted by atomic mass is 10.0. The Hall–Kier alpha value is -7.79. The molecule has 408 valence electrons. The predicted octanol–water partition coefficient (Wildman–Crippen LogP) is 10.9. The average molecular weight is 1130 g/mol. The highest BCUT2D eigenvalue weighted by atomic mass is 79.9. The number of aromatic nitrogens is 6. The molecule has 17 heteroatoms. The first kappa shape index (κ1) is 54.6. The second kappa shape index (κ2) is 24.9. The van der Waals surface area contributed by atoms with Crippen molar-refractivity contribution in [2.45, 2.75) is 97.7 Å². The number of allylic oxidation sites excluding steroid dienone is 1. The summed E-state index contributed by atoms with van der Waals surface area (Å²) in [6, 6.07) is 30.1. The van der Waals surface area contributed by atoms with Crippen molar-refractivity contribution >= 4 is 56.9 Å². The number of carbonyl (C=O) groups is 3. The number of halogens is 1. The molecule has 7 aromatic rings. The van der Waals surface area contributed by atoms with Crippen LogP contribution in [-0.2, 0) is 27.5 Å². The topological polar surface area (TPSA) is 175 Å². The minimum atomic E-state index is -0.0660. The number of ether oxygens (including phenoxy) is 1. The van der Waals surface area contributed by atoms with E-state index < -0.39 is 0 Å². The monoisotopic (exact) mass is 1130 g/mol. The molecule has 16 nitrogen and oxygen atoms in total. The van der Waals surface area contributed by atoms with Gasteiger partial charge in [0, 0.05) is 89.5 Å². The summed E-state index contributed by atoms with van der Waals surface area (Å²) in [5.41, 5.74) is 11.1. The van der Waals surface area contributed by atoms with E-state index in [4.69, 9.17) is 14.8 Å². The van der Waals surface area contributed by atoms with E-state index in [-0.39, 0.29) is 29.5 Å². The summed E-state index contributed by atoms with van der Waals surface area (Å²) in [7, 11) is 1.61. The molecule has 3 aromatic carbocycles. The van der Waals surface area contributed by atoms with E-state index in [1.807, 2.05) is 106 Å². The number of likely N-dealkylation sites (tertiary alicyclic amines) is 3. The molecule has 4 atom stereocenters. The molecule has 3 saturated heterocycles. The standard InChI is InChI=1S/C21H22BrN3O.C21H24N4O2.C20H22N4O2/c1-2-6-14-9-19(26)25(12-14)13-17-20(15-7-4-3-5-8-15)24-18-10-16(22)11-23-21(17)18;1-3-7-15-10-19(26)24(12-15)14-18-20(16-8-5-4-6-9-16)23-25-13-17(27-2)11-22-21(18)25;1-2-6-14-9-18(26)23(11-14)13-17-19(15-7-4-3-5-8-15)22-24-12-16(25)10-21-20(17)24/h3-5,7-8,10-11,14,18H,2,6,9,12-13H2,1H3;4-6,8-9,11,13,15H,3,7,10,12,14H2,1-2H3;3-5,7-8,10,12,14,25H,2,6,9,11,13H2,1H3. The first-order valence-corrected chi connectivity index (χ1v) is 28.5. The van der Waals surface area contributed by atoms with E-state index >= 15 is 0 Å². The maximum absolute atomic E-state index is 12.5. The minimum Gasteiger partial charge on any atom is -0.505 e. The number of amides is 3. The summed E-state index contributed by atoms with van der Waals surface area (Å²) in [5, 5.41) is 19.1. The fourth-order valence-corrected chi connectivity index (χ4v) is 11.9. The number of aliphatic imine (C=N–C) groups is 2. The van der Waals surface area contributed by atoms with Gasteiger partial charge in [0.25, 0.3) is 0 Å². The van der Waals surface area contributed by atoms with Gasteiger partial charge in [-0.05, 0) is 59.0 Å². The molecule has 3 amide bonds. The first-order valence-electron chi connectivity index (χ1n) is 27.7. The van der Waals surface area contributed by atoms with Crippen LogP contribution in [0.5, 0.6) is 11.5 Å². The molecule has 1 N–H and O–H groups in total. The van der Waals surface area contributed by atoms with Gasteiger partial charge < -0.3 is 24.5 Å². The van der Waals surface area contributed by atoms with Gasteiger partial charge in [-0.15, -0.1) is 0 Å². The highest BCUT2D eigenvalue weighted by Gasteiger charge is 2.36. The SMILES string of the molecule is CCCC1CC(=O)N(CC2=C3N=CC(Br)=CC3N=C2c2ccccc2)C1.CCCC1CC(=O)N(Cc2c(-c3ccccc3)nn3cc(O)cnc23)C1.CCCC1CC(=O)N(Cc2c(-c3ccccc3)nn3cc(OC)cnc23)C1. The van der Waals surface area contributed by atoms with Gasteiger partial charge in [0.15, 0.2) is 22.8 Å². The van der Waals surface area contributed by atoms with Crippen LogP contribution in [0.15, 0.2) is 148 Å². The Morgan fingerprint density at radius 1 is 0.608 bits per heavy atom. The summed E-state index contributed by atoms with van der Waals surface area (Å²) in [6.45, 7) is 10.6. The van der Waals surface area contributed by atoms with Gasteiger partial charge in [-0.3, -0.25) is 24.4 Å². The molecule has 0 bridgehead atoms. The van der Waals surface area contributed by atoms with Gasteiger partial charge in [-0.2, -0.15) is 10.2 Å². The van der Waals surface area contributed by atoms with Crippen molar-refractivity contribution in [1.82, 2.24) is 43.9 Å². The molecule has 9 heterocycles. The highest BCUT2D eigenvalue weighted by molar-refractivity contribution is 9.12. The Morgan fingerprint density at radius 2 is 1.06 bits per heavy atom. The van der Waals surface area contributed by atoms with Crippen molar-refractivity contribution in [3.05, 3.63) is 154 Å². The number of dihydropyridines is 1. The van der Waals surface area contributed by atoms with Gasteiger partial charge in [0.05, 0.1) is 56.4 Å². The number of fused-ring (bicyclic) bond motifs is 3. The summed E-state index contributed by atoms with van der Waals surface area (Å²) in [4.78, 5) is 61.8. The van der Waals surface area contributed by atoms with E-state index in [0.29, 0.717) is 68.0 Å². The third-order valence-electron chi connectivity index (χ3n) is 15.3. The Bertz CT molecular complexity index is 3450. The maximum atomic E-state index is 12.5. The Labute approximate surface area is 469 Å². The second-order valence-electron chi connectivity index (χ2n) is 21.1. The van der Waals surface area contributed by atoms with Crippen LogP contribution in [0.1, 0.15) is 95.2 Å². The van der Waals surface area contributed by atoms with Crippen molar-refractivity contribution in [3.63, 3.8) is 0 Å². The van der Waals surface area contributed by atoms with E-state index in [9.17, 15) is 19.5 Å². The van der Waals surface area contributed by atoms with Crippen LogP contribution in [0.25, 0.3) is 33.8 Å². The number of rotatable bonds is 16. The summed E-state index contributed by atoms with van der Waals surface area (Å²) in [6.07, 6.45) is 18.9. The quantitative estimate of drug-likeness (QED) is 0.0987. The van der Waals surface area contributed by atoms with Crippen LogP contribution < -0.4 is 4.74 Å². The lowest BCUT2D eigenvalue weighted by Crippen LogP contribution is -2.30. The van der Waals surface area contributed by atoms with E-state index in [1.54, 1.807) is 28.5 Å². The van der Waals surface area contributed by atoms with Crippen molar-refractivity contribution in [2.24, 2.45) is 27.7 Å². The minimum absolute atomic E-state index is 0.0615. The average Bonchev–Trinajstić information content (AvgIpc) is 4.53. The third-order valence-corrected chi connectivity index (χ3v) is 15.8. The summed E-state index contributed by atoms with van der Waals surface area (Å²) in [5.74, 6) is 2.76. The van der Waals surface area contributed by atoms with Crippen LogP contribution >= 0.6 is 15.9 Å². The van der Waals surface area contributed by atoms with Crippen LogP contribution in [-0.4, -0.2) is 118 Å². The van der Waals surface area contributed by atoms with Gasteiger partial charge in [-0.1, -0.05) is 131 Å². The van der Waals surface area contributed by atoms with Crippen LogP contribution in [0.3, 0.4) is 0 Å². The number of hydrogen-bond donors (Lipinski definition) is 1. The molecular formula is C62H68BrN11O5. The lowest BCUT2D eigenvalue weighted by molar-refractivity contribution is -0.129. The molecule has 12 rings (SSSR count). The largest absolute Gasteiger partial charge is 0.505 e.